The van der Waals surface area contributed by atoms with Gasteiger partial charge in [0.15, 0.2) is 0 Å². The van der Waals surface area contributed by atoms with Crippen LogP contribution in [-0.4, -0.2) is 44.8 Å². The van der Waals surface area contributed by atoms with Crippen LogP contribution in [0.1, 0.15) is 43.7 Å². The van der Waals surface area contributed by atoms with Crippen molar-refractivity contribution in [3.63, 3.8) is 0 Å². The number of anilines is 2. The van der Waals surface area contributed by atoms with E-state index in [0.29, 0.717) is 26.7 Å². The lowest BCUT2D eigenvalue weighted by Crippen LogP contribution is -2.27. The lowest BCUT2D eigenvalue weighted by Gasteiger charge is -2.20. The van der Waals surface area contributed by atoms with Crippen LogP contribution in [-0.2, 0) is 19.5 Å². The molecule has 0 spiro atoms. The average molecular weight is 632 g/mol. The minimum Gasteiger partial charge on any atom is -0.497 e. The number of hydrogen-bond acceptors (Lipinski definition) is 9. The second-order valence-corrected chi connectivity index (χ2v) is 13.2. The van der Waals surface area contributed by atoms with Crippen LogP contribution >= 0.6 is 22.9 Å². The first-order valence-corrected chi connectivity index (χ1v) is 15.5. The molecule has 0 aliphatic rings. The second-order valence-electron chi connectivity index (χ2n) is 10.1. The van der Waals surface area contributed by atoms with Gasteiger partial charge in [0, 0.05) is 16.0 Å². The number of halogens is 1. The normalized spacial score (nSPS) is 11.7. The van der Waals surface area contributed by atoms with E-state index in [1.54, 1.807) is 65.0 Å². The van der Waals surface area contributed by atoms with Crippen molar-refractivity contribution in [3.05, 3.63) is 64.8 Å². The topological polar surface area (TPSA) is 133 Å². The number of aryl methyl sites for hydroxylation is 1. The van der Waals surface area contributed by atoms with Crippen molar-refractivity contribution >= 4 is 65.9 Å². The molecule has 0 saturated carbocycles. The van der Waals surface area contributed by atoms with Gasteiger partial charge in [0.2, 0.25) is 0 Å². The van der Waals surface area contributed by atoms with Gasteiger partial charge >= 0.3 is 12.1 Å². The van der Waals surface area contributed by atoms with Crippen LogP contribution in [0.25, 0.3) is 21.3 Å². The molecular formula is C29H30ClN3O7S2. The number of thiophene rings is 1. The van der Waals surface area contributed by atoms with E-state index in [1.807, 2.05) is 0 Å². The first-order valence-electron chi connectivity index (χ1n) is 12.8. The van der Waals surface area contributed by atoms with Gasteiger partial charge in [0.05, 0.1) is 30.0 Å². The maximum atomic E-state index is 13.7. The highest BCUT2D eigenvalue weighted by atomic mass is 35.5. The summed E-state index contributed by atoms with van der Waals surface area (Å²) in [7, 11) is -2.75. The molecule has 0 bridgehead atoms. The molecule has 0 aliphatic heterocycles. The highest BCUT2D eigenvalue weighted by molar-refractivity contribution is 7.92. The molecule has 13 heteroatoms. The Kier molecular flexibility index (Phi) is 9.00. The van der Waals surface area contributed by atoms with Gasteiger partial charge in [-0.2, -0.15) is 0 Å². The molecular weight excluding hydrogens is 602 g/mol. The van der Waals surface area contributed by atoms with E-state index in [4.69, 9.17) is 25.8 Å². The van der Waals surface area contributed by atoms with Gasteiger partial charge in [-0.1, -0.05) is 41.1 Å². The number of sulfonamides is 1. The summed E-state index contributed by atoms with van der Waals surface area (Å²) < 4.78 is 46.2. The SMILES string of the molecule is CCOC(=O)c1c(C)nc2sc(NC(=O)OC(C)(C)C)c(-c3cccc(OC)c3)c2c1NS(=O)(=O)c1cccc(Cl)c1. The summed E-state index contributed by atoms with van der Waals surface area (Å²) in [6.07, 6.45) is -0.721. The van der Waals surface area contributed by atoms with Crippen molar-refractivity contribution in [1.82, 2.24) is 4.98 Å². The fourth-order valence-electron chi connectivity index (χ4n) is 4.16. The highest BCUT2D eigenvalue weighted by Crippen LogP contribution is 2.48. The Balaban J connectivity index is 2.07. The third kappa shape index (κ3) is 6.77. The largest absolute Gasteiger partial charge is 0.497 e. The predicted molar refractivity (Wildman–Crippen MR) is 164 cm³/mol. The Morgan fingerprint density at radius 2 is 1.81 bits per heavy atom. The Morgan fingerprint density at radius 3 is 2.45 bits per heavy atom. The zero-order valence-electron chi connectivity index (χ0n) is 23.8. The Bertz CT molecular complexity index is 1780. The molecule has 0 unspecified atom stereocenters. The molecule has 0 radical (unpaired) electrons. The summed E-state index contributed by atoms with van der Waals surface area (Å²) in [5.74, 6) is -0.251. The maximum Gasteiger partial charge on any atom is 0.412 e. The lowest BCUT2D eigenvalue weighted by atomic mass is 10.0. The number of ether oxygens (including phenoxy) is 3. The van der Waals surface area contributed by atoms with Crippen LogP contribution in [0.4, 0.5) is 15.5 Å². The van der Waals surface area contributed by atoms with E-state index in [9.17, 15) is 18.0 Å². The summed E-state index contributed by atoms with van der Waals surface area (Å²) in [5, 5.41) is 3.60. The van der Waals surface area contributed by atoms with Crippen LogP contribution in [0.3, 0.4) is 0 Å². The van der Waals surface area contributed by atoms with Crippen LogP contribution < -0.4 is 14.8 Å². The Hall–Kier alpha value is -3.87. The number of nitrogens with zero attached hydrogens (tertiary/aromatic N) is 1. The van der Waals surface area contributed by atoms with E-state index in [-0.39, 0.29) is 38.9 Å². The number of esters is 1. The van der Waals surface area contributed by atoms with Crippen LogP contribution in [0, 0.1) is 6.92 Å². The number of carbonyl (C=O) groups excluding carboxylic acids is 2. The van der Waals surface area contributed by atoms with E-state index < -0.39 is 27.7 Å². The molecule has 0 fully saturated rings. The molecule has 2 heterocycles. The minimum atomic E-state index is -4.27. The second kappa shape index (κ2) is 12.2. The highest BCUT2D eigenvalue weighted by Gasteiger charge is 2.30. The average Bonchev–Trinajstić information content (AvgIpc) is 3.24. The third-order valence-electron chi connectivity index (χ3n) is 5.82. The zero-order chi connectivity index (χ0) is 30.8. The zero-order valence-corrected chi connectivity index (χ0v) is 26.2. The number of fused-ring (bicyclic) bond motifs is 1. The first-order chi connectivity index (χ1) is 19.7. The standard InChI is InChI=1S/C29H30ClN3O7S2/c1-7-39-27(34)21-16(2)31-26-23(24(21)33-42(36,37)20-13-9-11-18(30)15-20)22(17-10-8-12-19(14-17)38-6)25(41-26)32-28(35)40-29(3,4)5/h8-15H,7H2,1-6H3,(H,31,33)(H,32,35). The molecule has 2 N–H and O–H groups in total. The predicted octanol–water partition coefficient (Wildman–Crippen LogP) is 7.26. The monoisotopic (exact) mass is 631 g/mol. The van der Waals surface area contributed by atoms with Crippen molar-refractivity contribution in [2.45, 2.75) is 45.1 Å². The molecule has 0 atom stereocenters. The van der Waals surface area contributed by atoms with Gasteiger partial charge in [0.1, 0.15) is 26.7 Å². The number of nitrogens with one attached hydrogen (secondary N) is 2. The van der Waals surface area contributed by atoms with Gasteiger partial charge in [-0.15, -0.1) is 0 Å². The molecule has 222 valence electrons. The quantitative estimate of drug-likeness (QED) is 0.194. The fraction of sp³-hybridized carbons (Fsp3) is 0.276. The summed E-state index contributed by atoms with van der Waals surface area (Å²) in [6.45, 7) is 8.48. The van der Waals surface area contributed by atoms with Gasteiger partial charge in [0.25, 0.3) is 10.0 Å². The molecule has 4 aromatic rings. The summed E-state index contributed by atoms with van der Waals surface area (Å²) in [4.78, 5) is 31.0. The number of methoxy groups -OCH3 is 1. The van der Waals surface area contributed by atoms with E-state index in [0.717, 1.165) is 11.3 Å². The molecule has 0 aliphatic carbocycles. The summed E-state index contributed by atoms with van der Waals surface area (Å²) in [6, 6.07) is 12.7. The van der Waals surface area contributed by atoms with Gasteiger partial charge in [-0.05, 0) is 70.5 Å². The van der Waals surface area contributed by atoms with Crippen molar-refractivity contribution in [2.75, 3.05) is 23.8 Å². The van der Waals surface area contributed by atoms with Gasteiger partial charge in [-0.3, -0.25) is 10.0 Å². The molecule has 2 aromatic heterocycles. The summed E-state index contributed by atoms with van der Waals surface area (Å²) >= 11 is 7.19. The number of hydrogen-bond donors (Lipinski definition) is 2. The molecule has 10 nitrogen and oxygen atoms in total. The molecule has 4 rings (SSSR count). The first kappa shape index (κ1) is 31.1. The van der Waals surface area contributed by atoms with Crippen LogP contribution in [0.2, 0.25) is 5.02 Å². The van der Waals surface area contributed by atoms with E-state index in [1.165, 1.54) is 25.3 Å². The van der Waals surface area contributed by atoms with Crippen molar-refractivity contribution in [3.8, 4) is 16.9 Å². The van der Waals surface area contributed by atoms with Crippen molar-refractivity contribution < 1.29 is 32.2 Å². The molecule has 42 heavy (non-hydrogen) atoms. The lowest BCUT2D eigenvalue weighted by molar-refractivity contribution is 0.0525. The molecule has 2 aromatic carbocycles. The number of rotatable bonds is 8. The Morgan fingerprint density at radius 1 is 1.10 bits per heavy atom. The number of amides is 1. The fourth-order valence-corrected chi connectivity index (χ4v) is 6.69. The number of aromatic nitrogens is 1. The van der Waals surface area contributed by atoms with Crippen LogP contribution in [0.15, 0.2) is 53.4 Å². The maximum absolute atomic E-state index is 13.7. The van der Waals surface area contributed by atoms with Crippen LogP contribution in [0.5, 0.6) is 5.75 Å². The van der Waals surface area contributed by atoms with Gasteiger partial charge in [-0.25, -0.2) is 23.0 Å². The molecule has 0 saturated heterocycles. The van der Waals surface area contributed by atoms with E-state index >= 15 is 0 Å². The molecule has 1 amide bonds. The smallest absolute Gasteiger partial charge is 0.412 e. The van der Waals surface area contributed by atoms with Gasteiger partial charge < -0.3 is 14.2 Å². The minimum absolute atomic E-state index is 0.0502. The number of benzene rings is 2. The Labute approximate surface area is 253 Å². The summed E-state index contributed by atoms with van der Waals surface area (Å²) in [5.41, 5.74) is 0.299. The number of carbonyl (C=O) groups is 2. The third-order valence-corrected chi connectivity index (χ3v) is 8.40. The van der Waals surface area contributed by atoms with Crippen molar-refractivity contribution in [2.24, 2.45) is 0 Å². The van der Waals surface area contributed by atoms with Crippen molar-refractivity contribution in [1.29, 1.82) is 0 Å². The number of pyridine rings is 1. The van der Waals surface area contributed by atoms with E-state index in [2.05, 4.69) is 15.0 Å².